The van der Waals surface area contributed by atoms with Crippen molar-refractivity contribution in [2.45, 2.75) is 19.9 Å². The highest BCUT2D eigenvalue weighted by atomic mass is 16.5. The highest BCUT2D eigenvalue weighted by Gasteiger charge is 2.13. The standard InChI is InChI=1S/C22H20N4O4/c1-13(2)26-17-10-8-15(12-16(17)23-21(27)22(26)28)20-24-19(30-25-20)11-9-14-6-4-5-7-18(14)29-3/h4-13H,1-3H3,(H,23,27). The van der Waals surface area contributed by atoms with Gasteiger partial charge in [-0.3, -0.25) is 14.2 Å². The van der Waals surface area contributed by atoms with E-state index >= 15 is 0 Å². The molecule has 0 atom stereocenters. The minimum absolute atomic E-state index is 0.148. The predicted octanol–water partition coefficient (Wildman–Crippen LogP) is 3.50. The molecule has 4 aromatic rings. The molecule has 0 unspecified atom stereocenters. The molecular formula is C22H20N4O4. The molecule has 8 heteroatoms. The Bertz CT molecular complexity index is 1360. The van der Waals surface area contributed by atoms with E-state index in [1.807, 2.05) is 44.2 Å². The maximum Gasteiger partial charge on any atom is 0.316 e. The molecule has 0 bridgehead atoms. The zero-order valence-electron chi connectivity index (χ0n) is 16.7. The van der Waals surface area contributed by atoms with Crippen molar-refractivity contribution >= 4 is 23.2 Å². The van der Waals surface area contributed by atoms with Crippen LogP contribution < -0.4 is 15.9 Å². The van der Waals surface area contributed by atoms with Crippen LogP contribution in [-0.2, 0) is 0 Å². The summed E-state index contributed by atoms with van der Waals surface area (Å²) in [5, 5.41) is 4.02. The van der Waals surface area contributed by atoms with Gasteiger partial charge in [-0.25, -0.2) is 0 Å². The Kier molecular flexibility index (Phi) is 5.05. The maximum atomic E-state index is 12.2. The van der Waals surface area contributed by atoms with Crippen molar-refractivity contribution in [3.05, 3.63) is 74.6 Å². The molecule has 0 fully saturated rings. The second-order valence-corrected chi connectivity index (χ2v) is 6.99. The summed E-state index contributed by atoms with van der Waals surface area (Å²) in [7, 11) is 1.61. The molecule has 0 aliphatic rings. The smallest absolute Gasteiger partial charge is 0.316 e. The topological polar surface area (TPSA) is 103 Å². The van der Waals surface area contributed by atoms with Crippen LogP contribution in [0.25, 0.3) is 34.6 Å². The number of nitrogens with zero attached hydrogens (tertiary/aromatic N) is 3. The third kappa shape index (κ3) is 3.55. The van der Waals surface area contributed by atoms with Crippen LogP contribution in [0.1, 0.15) is 31.3 Å². The highest BCUT2D eigenvalue weighted by Crippen LogP contribution is 2.23. The number of aromatic amines is 1. The number of methoxy groups -OCH3 is 1. The summed E-state index contributed by atoms with van der Waals surface area (Å²) in [4.78, 5) is 31.2. The normalized spacial score (nSPS) is 11.6. The van der Waals surface area contributed by atoms with E-state index in [1.54, 1.807) is 31.4 Å². The predicted molar refractivity (Wildman–Crippen MR) is 114 cm³/mol. The second-order valence-electron chi connectivity index (χ2n) is 6.99. The zero-order chi connectivity index (χ0) is 21.3. The van der Waals surface area contributed by atoms with Gasteiger partial charge in [-0.1, -0.05) is 23.4 Å². The quantitative estimate of drug-likeness (QED) is 0.511. The van der Waals surface area contributed by atoms with E-state index < -0.39 is 11.1 Å². The van der Waals surface area contributed by atoms with Crippen molar-refractivity contribution < 1.29 is 9.26 Å². The molecule has 0 aliphatic carbocycles. The number of benzene rings is 2. The van der Waals surface area contributed by atoms with Gasteiger partial charge in [-0.05, 0) is 44.2 Å². The number of aromatic nitrogens is 4. The molecule has 0 spiro atoms. The number of ether oxygens (including phenoxy) is 1. The van der Waals surface area contributed by atoms with Gasteiger partial charge in [-0.15, -0.1) is 0 Å². The molecule has 2 aromatic heterocycles. The molecule has 2 aromatic carbocycles. The van der Waals surface area contributed by atoms with Gasteiger partial charge in [0.05, 0.1) is 18.1 Å². The number of hydrogen-bond donors (Lipinski definition) is 1. The lowest BCUT2D eigenvalue weighted by atomic mass is 10.1. The van der Waals surface area contributed by atoms with Crippen LogP contribution in [-0.4, -0.2) is 26.8 Å². The Morgan fingerprint density at radius 1 is 1.13 bits per heavy atom. The molecule has 4 rings (SSSR count). The van der Waals surface area contributed by atoms with E-state index in [9.17, 15) is 9.59 Å². The molecule has 1 N–H and O–H groups in total. The summed E-state index contributed by atoms with van der Waals surface area (Å²) >= 11 is 0. The molecule has 0 saturated heterocycles. The largest absolute Gasteiger partial charge is 0.496 e. The lowest BCUT2D eigenvalue weighted by Gasteiger charge is -2.13. The molecule has 0 saturated carbocycles. The van der Waals surface area contributed by atoms with E-state index in [0.29, 0.717) is 28.3 Å². The molecule has 30 heavy (non-hydrogen) atoms. The molecule has 0 radical (unpaired) electrons. The Labute approximate surface area is 171 Å². The number of para-hydroxylation sites is 1. The van der Waals surface area contributed by atoms with Gasteiger partial charge in [0.1, 0.15) is 5.75 Å². The first kappa shape index (κ1) is 19.4. The van der Waals surface area contributed by atoms with E-state index in [4.69, 9.17) is 9.26 Å². The van der Waals surface area contributed by atoms with Crippen LogP contribution in [0.4, 0.5) is 0 Å². The third-order valence-corrected chi connectivity index (χ3v) is 4.68. The fourth-order valence-electron chi connectivity index (χ4n) is 3.28. The van der Waals surface area contributed by atoms with Crippen LogP contribution in [0.5, 0.6) is 5.75 Å². The van der Waals surface area contributed by atoms with Crippen molar-refractivity contribution in [3.8, 4) is 17.1 Å². The van der Waals surface area contributed by atoms with Crippen LogP contribution in [0.3, 0.4) is 0 Å². The minimum Gasteiger partial charge on any atom is -0.496 e. The van der Waals surface area contributed by atoms with E-state index in [0.717, 1.165) is 11.3 Å². The van der Waals surface area contributed by atoms with Crippen molar-refractivity contribution in [1.82, 2.24) is 19.7 Å². The fourth-order valence-corrected chi connectivity index (χ4v) is 3.28. The van der Waals surface area contributed by atoms with Crippen LogP contribution in [0, 0.1) is 0 Å². The average molecular weight is 404 g/mol. The van der Waals surface area contributed by atoms with Gasteiger partial charge in [0.25, 0.3) is 5.89 Å². The summed E-state index contributed by atoms with van der Waals surface area (Å²) in [6.45, 7) is 3.71. The molecule has 8 nitrogen and oxygen atoms in total. The Hall–Kier alpha value is -3.94. The van der Waals surface area contributed by atoms with Gasteiger partial charge >= 0.3 is 11.1 Å². The van der Waals surface area contributed by atoms with E-state index in [1.165, 1.54) is 4.57 Å². The number of rotatable bonds is 5. The molecule has 152 valence electrons. The molecule has 0 aliphatic heterocycles. The fraction of sp³-hybridized carbons (Fsp3) is 0.182. The monoisotopic (exact) mass is 404 g/mol. The molecular weight excluding hydrogens is 384 g/mol. The van der Waals surface area contributed by atoms with E-state index in [2.05, 4.69) is 15.1 Å². The number of H-pyrrole nitrogens is 1. The Balaban J connectivity index is 1.70. The van der Waals surface area contributed by atoms with Gasteiger partial charge < -0.3 is 14.2 Å². The number of fused-ring (bicyclic) bond motifs is 1. The Morgan fingerprint density at radius 3 is 2.70 bits per heavy atom. The summed E-state index contributed by atoms with van der Waals surface area (Å²) < 4.78 is 12.1. The van der Waals surface area contributed by atoms with Crippen LogP contribution in [0.15, 0.2) is 56.6 Å². The first-order valence-corrected chi connectivity index (χ1v) is 9.41. The summed E-state index contributed by atoms with van der Waals surface area (Å²) in [6.07, 6.45) is 3.53. The van der Waals surface area contributed by atoms with Crippen molar-refractivity contribution in [3.63, 3.8) is 0 Å². The number of hydrogen-bond acceptors (Lipinski definition) is 6. The van der Waals surface area contributed by atoms with Gasteiger partial charge in [0.15, 0.2) is 0 Å². The highest BCUT2D eigenvalue weighted by molar-refractivity contribution is 5.80. The summed E-state index contributed by atoms with van der Waals surface area (Å²) in [5.74, 6) is 1.44. The maximum absolute atomic E-state index is 12.2. The van der Waals surface area contributed by atoms with Crippen molar-refractivity contribution in [2.75, 3.05) is 7.11 Å². The van der Waals surface area contributed by atoms with Gasteiger partial charge in [0, 0.05) is 23.2 Å². The first-order valence-electron chi connectivity index (χ1n) is 9.41. The molecule has 0 amide bonds. The number of nitrogens with one attached hydrogen (secondary N) is 1. The molecule has 2 heterocycles. The Morgan fingerprint density at radius 2 is 1.93 bits per heavy atom. The summed E-state index contributed by atoms with van der Waals surface area (Å²) in [6, 6.07) is 12.7. The van der Waals surface area contributed by atoms with Crippen LogP contribution >= 0.6 is 0 Å². The van der Waals surface area contributed by atoms with Crippen molar-refractivity contribution in [1.29, 1.82) is 0 Å². The lowest BCUT2D eigenvalue weighted by Crippen LogP contribution is -2.37. The third-order valence-electron chi connectivity index (χ3n) is 4.68. The van der Waals surface area contributed by atoms with Gasteiger partial charge in [-0.2, -0.15) is 4.98 Å². The van der Waals surface area contributed by atoms with E-state index in [-0.39, 0.29) is 6.04 Å². The summed E-state index contributed by atoms with van der Waals surface area (Å²) in [5.41, 5.74) is 1.47. The average Bonchev–Trinajstić information content (AvgIpc) is 3.22. The van der Waals surface area contributed by atoms with Crippen molar-refractivity contribution in [2.24, 2.45) is 0 Å². The first-order chi connectivity index (χ1) is 14.5. The SMILES string of the molecule is COc1ccccc1C=Cc1nc(-c2ccc3c(c2)[nH]c(=O)c(=O)n3C(C)C)no1. The zero-order valence-corrected chi connectivity index (χ0v) is 16.7. The lowest BCUT2D eigenvalue weighted by molar-refractivity contribution is 0.411. The minimum atomic E-state index is -0.665. The van der Waals surface area contributed by atoms with Gasteiger partial charge in [0.2, 0.25) is 5.82 Å². The second kappa shape index (κ2) is 7.82. The van der Waals surface area contributed by atoms with Crippen LogP contribution in [0.2, 0.25) is 0 Å².